The highest BCUT2D eigenvalue weighted by molar-refractivity contribution is 5.51. The zero-order valence-electron chi connectivity index (χ0n) is 18.8. The molecule has 3 aromatic rings. The van der Waals surface area contributed by atoms with Crippen molar-refractivity contribution in [2.45, 2.75) is 38.2 Å². The molecule has 0 aliphatic rings. The third-order valence-corrected chi connectivity index (χ3v) is 4.96. The molecule has 0 spiro atoms. The Kier molecular flexibility index (Phi) is 7.84. The van der Waals surface area contributed by atoms with E-state index in [1.807, 2.05) is 26.0 Å². The van der Waals surface area contributed by atoms with Crippen LogP contribution in [0.25, 0.3) is 0 Å². The fourth-order valence-corrected chi connectivity index (χ4v) is 3.09. The highest BCUT2D eigenvalue weighted by Crippen LogP contribution is 2.33. The van der Waals surface area contributed by atoms with Crippen LogP contribution in [0.1, 0.15) is 30.9 Å². The minimum atomic E-state index is -4.97. The number of alkyl halides is 6. The first-order valence-electron chi connectivity index (χ1n) is 10.6. The first-order valence-corrected chi connectivity index (χ1v) is 10.6. The van der Waals surface area contributed by atoms with Gasteiger partial charge in [0.25, 0.3) is 0 Å². The van der Waals surface area contributed by atoms with E-state index in [4.69, 9.17) is 9.57 Å². The van der Waals surface area contributed by atoms with Gasteiger partial charge in [-0.2, -0.15) is 26.3 Å². The summed E-state index contributed by atoms with van der Waals surface area (Å²) in [6.07, 6.45) is -12.5. The monoisotopic (exact) mass is 499 g/mol. The van der Waals surface area contributed by atoms with Gasteiger partial charge in [0.1, 0.15) is 11.5 Å². The summed E-state index contributed by atoms with van der Waals surface area (Å²) in [4.78, 5) is 5.38. The molecule has 188 valence electrons. The summed E-state index contributed by atoms with van der Waals surface area (Å²) in [7, 11) is 0. The maximum Gasteiger partial charge on any atom is 0.416 e. The number of hydrogen-bond donors (Lipinski definition) is 1. The van der Waals surface area contributed by atoms with Crippen LogP contribution in [0.3, 0.4) is 0 Å². The first kappa shape index (κ1) is 26.2. The molecule has 10 heteroatoms. The van der Waals surface area contributed by atoms with Crippen molar-refractivity contribution in [3.63, 3.8) is 0 Å². The van der Waals surface area contributed by atoms with E-state index in [1.165, 1.54) is 24.3 Å². The number of hydroxylamine groups is 1. The zero-order chi connectivity index (χ0) is 25.8. The molecule has 0 aliphatic carbocycles. The molecule has 1 atom stereocenters. The van der Waals surface area contributed by atoms with E-state index in [9.17, 15) is 31.4 Å². The van der Waals surface area contributed by atoms with Crippen molar-refractivity contribution in [3.8, 4) is 17.2 Å². The molecule has 0 radical (unpaired) electrons. The van der Waals surface area contributed by atoms with E-state index >= 15 is 0 Å². The van der Waals surface area contributed by atoms with Gasteiger partial charge >= 0.3 is 12.4 Å². The number of ether oxygens (including phenoxy) is 1. The Morgan fingerprint density at radius 3 is 2.03 bits per heavy atom. The van der Waals surface area contributed by atoms with Crippen LogP contribution in [-0.4, -0.2) is 23.9 Å². The Hall–Kier alpha value is -3.40. The molecule has 0 saturated carbocycles. The van der Waals surface area contributed by atoms with Crippen molar-refractivity contribution in [2.75, 3.05) is 11.6 Å². The van der Waals surface area contributed by atoms with E-state index in [2.05, 4.69) is 0 Å². The van der Waals surface area contributed by atoms with Crippen LogP contribution in [0.4, 0.5) is 32.0 Å². The predicted molar refractivity (Wildman–Crippen MR) is 119 cm³/mol. The molecule has 0 amide bonds. The van der Waals surface area contributed by atoms with E-state index < -0.39 is 30.6 Å². The summed E-state index contributed by atoms with van der Waals surface area (Å²) < 4.78 is 84.2. The molecule has 35 heavy (non-hydrogen) atoms. The van der Waals surface area contributed by atoms with Crippen LogP contribution in [0.2, 0.25) is 0 Å². The number of aliphatic hydroxyl groups is 1. The molecule has 0 aromatic heterocycles. The van der Waals surface area contributed by atoms with Crippen LogP contribution >= 0.6 is 0 Å². The van der Waals surface area contributed by atoms with Crippen LogP contribution in [0, 0.1) is 0 Å². The summed E-state index contributed by atoms with van der Waals surface area (Å²) >= 11 is 0. The molecular formula is C25H23F6NO3. The predicted octanol–water partition coefficient (Wildman–Crippen LogP) is 7.34. The topological polar surface area (TPSA) is 41.9 Å². The lowest BCUT2D eigenvalue weighted by atomic mass is 10.0. The van der Waals surface area contributed by atoms with Gasteiger partial charge in [-0.1, -0.05) is 38.1 Å². The zero-order valence-corrected chi connectivity index (χ0v) is 18.8. The minimum absolute atomic E-state index is 0.0308. The molecule has 0 aliphatic heterocycles. The third kappa shape index (κ3) is 7.29. The van der Waals surface area contributed by atoms with Gasteiger partial charge in [0.2, 0.25) is 0 Å². The van der Waals surface area contributed by atoms with Gasteiger partial charge in [0.15, 0.2) is 11.9 Å². The lowest BCUT2D eigenvalue weighted by Crippen LogP contribution is -2.42. The minimum Gasteiger partial charge on any atom is -0.457 e. The Morgan fingerprint density at radius 1 is 0.800 bits per heavy atom. The Balaban J connectivity index is 1.91. The summed E-state index contributed by atoms with van der Waals surface area (Å²) in [5.74, 6) is 0.631. The number of rotatable bonds is 8. The van der Waals surface area contributed by atoms with Crippen LogP contribution in [0.15, 0.2) is 72.8 Å². The van der Waals surface area contributed by atoms with Gasteiger partial charge in [-0.25, -0.2) is 5.06 Å². The summed E-state index contributed by atoms with van der Waals surface area (Å²) in [6, 6.07) is 16.8. The number of anilines is 1. The van der Waals surface area contributed by atoms with Crippen molar-refractivity contribution in [1.82, 2.24) is 0 Å². The molecule has 4 nitrogen and oxygen atoms in total. The van der Waals surface area contributed by atoms with Gasteiger partial charge < -0.3 is 14.7 Å². The van der Waals surface area contributed by atoms with Gasteiger partial charge in [-0.15, -0.1) is 0 Å². The quantitative estimate of drug-likeness (QED) is 0.260. The number of aliphatic hydroxyl groups excluding tert-OH is 1. The number of nitrogens with zero attached hydrogens (tertiary/aromatic N) is 1. The van der Waals surface area contributed by atoms with Crippen LogP contribution in [0.5, 0.6) is 17.2 Å². The first-order chi connectivity index (χ1) is 16.3. The lowest BCUT2D eigenvalue weighted by Gasteiger charge is -2.28. The number of halogens is 6. The van der Waals surface area contributed by atoms with E-state index in [1.54, 1.807) is 18.2 Å². The Morgan fingerprint density at radius 2 is 1.40 bits per heavy atom. The smallest absolute Gasteiger partial charge is 0.416 e. The maximum atomic E-state index is 13.1. The number of benzene rings is 3. The molecule has 0 bridgehead atoms. The highest BCUT2D eigenvalue weighted by Gasteiger charge is 2.40. The summed E-state index contributed by atoms with van der Waals surface area (Å²) in [6.45, 7) is 2.93. The number of hydrogen-bond acceptors (Lipinski definition) is 4. The van der Waals surface area contributed by atoms with E-state index in [-0.39, 0.29) is 23.1 Å². The summed E-state index contributed by atoms with van der Waals surface area (Å²) in [5.41, 5.74) is 0.0122. The summed E-state index contributed by atoms with van der Waals surface area (Å²) in [5, 5.41) is 10.3. The standard InChI is InChI=1S/C25H23F6NO3/c1-16(2)17-6-3-9-20(12-17)34-21-10-5-8-19(14-21)32(15-23(33)25(29,30)31)35-22-11-4-7-18(13-22)24(26,27)28/h3-14,16,23,33H,15H2,1-2H3/t23-/m0/s1. The van der Waals surface area contributed by atoms with Gasteiger partial charge in [-0.3, -0.25) is 0 Å². The lowest BCUT2D eigenvalue weighted by molar-refractivity contribution is -0.202. The SMILES string of the molecule is CC(C)c1cccc(Oc2cccc(N(C[C@H](O)C(F)(F)F)Oc3cccc(C(F)(F)F)c3)c2)c1. The van der Waals surface area contributed by atoms with E-state index in [0.717, 1.165) is 17.7 Å². The van der Waals surface area contributed by atoms with Crippen molar-refractivity contribution < 1.29 is 41.0 Å². The molecule has 3 rings (SSSR count). The second-order valence-corrected chi connectivity index (χ2v) is 8.06. The fraction of sp³-hybridized carbons (Fsp3) is 0.280. The normalized spacial score (nSPS) is 13.0. The van der Waals surface area contributed by atoms with Crippen molar-refractivity contribution >= 4 is 5.69 Å². The molecule has 0 unspecified atom stereocenters. The highest BCUT2D eigenvalue weighted by atomic mass is 19.4. The molecule has 0 saturated heterocycles. The van der Waals surface area contributed by atoms with Gasteiger partial charge in [0.05, 0.1) is 17.8 Å². The van der Waals surface area contributed by atoms with Crippen LogP contribution < -0.4 is 14.6 Å². The van der Waals surface area contributed by atoms with Gasteiger partial charge in [-0.05, 0) is 53.9 Å². The third-order valence-electron chi connectivity index (χ3n) is 4.96. The van der Waals surface area contributed by atoms with E-state index in [0.29, 0.717) is 16.9 Å². The Bertz CT molecular complexity index is 1130. The maximum absolute atomic E-state index is 13.1. The molecular weight excluding hydrogens is 476 g/mol. The van der Waals surface area contributed by atoms with Crippen molar-refractivity contribution in [1.29, 1.82) is 0 Å². The fourth-order valence-electron chi connectivity index (χ4n) is 3.09. The molecule has 1 N–H and O–H groups in total. The second kappa shape index (κ2) is 10.5. The molecule has 0 heterocycles. The van der Waals surface area contributed by atoms with Crippen molar-refractivity contribution in [3.05, 3.63) is 83.9 Å². The molecule has 3 aromatic carbocycles. The Labute approximate surface area is 198 Å². The van der Waals surface area contributed by atoms with Crippen LogP contribution in [-0.2, 0) is 6.18 Å². The average molecular weight is 499 g/mol. The van der Waals surface area contributed by atoms with Crippen molar-refractivity contribution in [2.24, 2.45) is 0 Å². The molecule has 0 fully saturated rings. The largest absolute Gasteiger partial charge is 0.457 e. The average Bonchev–Trinajstić information content (AvgIpc) is 2.78. The van der Waals surface area contributed by atoms with Gasteiger partial charge in [0, 0.05) is 6.07 Å². The second-order valence-electron chi connectivity index (χ2n) is 8.06.